The van der Waals surface area contributed by atoms with E-state index in [1.165, 1.54) is 24.0 Å². The summed E-state index contributed by atoms with van der Waals surface area (Å²) in [6.07, 6.45) is 9.40. The minimum Gasteiger partial charge on any atom is -0.393 e. The molecular formula is C27H38N4O2. The lowest BCUT2D eigenvalue weighted by molar-refractivity contribution is 0.101. The van der Waals surface area contributed by atoms with Crippen molar-refractivity contribution in [3.8, 4) is 0 Å². The van der Waals surface area contributed by atoms with Crippen LogP contribution in [0.2, 0.25) is 0 Å². The van der Waals surface area contributed by atoms with Crippen molar-refractivity contribution in [2.45, 2.75) is 58.2 Å². The van der Waals surface area contributed by atoms with Crippen LogP contribution in [0.5, 0.6) is 0 Å². The number of aromatic nitrogens is 1. The van der Waals surface area contributed by atoms with Gasteiger partial charge in [0.2, 0.25) is 0 Å². The van der Waals surface area contributed by atoms with Gasteiger partial charge in [-0.05, 0) is 69.9 Å². The zero-order valence-corrected chi connectivity index (χ0v) is 20.1. The summed E-state index contributed by atoms with van der Waals surface area (Å²) in [4.78, 5) is 20.9. The molecule has 1 N–H and O–H groups in total. The molecule has 6 nitrogen and oxygen atoms in total. The first-order valence-electron chi connectivity index (χ1n) is 12.5. The van der Waals surface area contributed by atoms with Crippen LogP contribution < -0.4 is 0 Å². The fraction of sp³-hybridized carbons (Fsp3) is 0.556. The topological polar surface area (TPSA) is 61.1 Å². The first-order valence-corrected chi connectivity index (χ1v) is 12.5. The largest absolute Gasteiger partial charge is 0.393 e. The Bertz CT molecular complexity index is 934. The summed E-state index contributed by atoms with van der Waals surface area (Å²) in [6, 6.07) is 10.4. The fourth-order valence-electron chi connectivity index (χ4n) is 5.05. The highest BCUT2D eigenvalue weighted by Gasteiger charge is 2.27. The van der Waals surface area contributed by atoms with E-state index in [9.17, 15) is 9.90 Å². The summed E-state index contributed by atoms with van der Waals surface area (Å²) in [5, 5.41) is 9.89. The molecule has 2 aliphatic heterocycles. The van der Waals surface area contributed by atoms with Gasteiger partial charge in [-0.3, -0.25) is 9.69 Å². The second-order valence-electron chi connectivity index (χ2n) is 9.76. The van der Waals surface area contributed by atoms with Crippen molar-refractivity contribution in [2.24, 2.45) is 10.9 Å². The Morgan fingerprint density at radius 1 is 1.06 bits per heavy atom. The second-order valence-corrected chi connectivity index (χ2v) is 9.76. The van der Waals surface area contributed by atoms with Crippen LogP contribution >= 0.6 is 0 Å². The maximum atomic E-state index is 10.9. The molecule has 1 saturated heterocycles. The molecule has 3 unspecified atom stereocenters. The molecule has 0 spiro atoms. The smallest absolute Gasteiger partial charge is 0.150 e. The molecule has 0 bridgehead atoms. The molecule has 4 rings (SSSR count). The first kappa shape index (κ1) is 23.9. The van der Waals surface area contributed by atoms with Crippen molar-refractivity contribution >= 4 is 18.3 Å². The van der Waals surface area contributed by atoms with Gasteiger partial charge in [-0.2, -0.15) is 0 Å². The normalized spacial score (nSPS) is 22.1. The number of nitrogens with zero attached hydrogens (tertiary/aromatic N) is 4. The molecule has 178 valence electrons. The van der Waals surface area contributed by atoms with E-state index in [1.54, 1.807) is 0 Å². The van der Waals surface area contributed by atoms with E-state index in [0.717, 1.165) is 64.2 Å². The average molecular weight is 451 g/mol. The van der Waals surface area contributed by atoms with Crippen LogP contribution in [0.4, 0.5) is 5.82 Å². The van der Waals surface area contributed by atoms with Crippen molar-refractivity contribution in [3.63, 3.8) is 0 Å². The minimum absolute atomic E-state index is 0.249. The lowest BCUT2D eigenvalue weighted by Crippen LogP contribution is -2.35. The van der Waals surface area contributed by atoms with E-state index in [2.05, 4.69) is 39.8 Å². The van der Waals surface area contributed by atoms with Gasteiger partial charge in [0.15, 0.2) is 0 Å². The lowest BCUT2D eigenvalue weighted by atomic mass is 10.0. The Morgan fingerprint density at radius 3 is 2.55 bits per heavy atom. The molecule has 3 atom stereocenters. The molecule has 0 aliphatic carbocycles. The van der Waals surface area contributed by atoms with E-state index < -0.39 is 0 Å². The SMILES string of the molecule is CC(O)C(C)CN1CCCCN(C2CC=Nc3c2ccn3Cc2ccc(C=O)cc2)CCC1. The summed E-state index contributed by atoms with van der Waals surface area (Å²) in [5.74, 6) is 1.38. The maximum absolute atomic E-state index is 10.9. The number of aliphatic imine (C=N–C) groups is 1. The number of benzene rings is 1. The Hall–Kier alpha value is -2.28. The van der Waals surface area contributed by atoms with Crippen molar-refractivity contribution in [2.75, 3.05) is 32.7 Å². The third kappa shape index (κ3) is 5.99. The van der Waals surface area contributed by atoms with Gasteiger partial charge < -0.3 is 14.6 Å². The van der Waals surface area contributed by atoms with E-state index in [0.29, 0.717) is 17.5 Å². The summed E-state index contributed by atoms with van der Waals surface area (Å²) in [5.41, 5.74) is 3.21. The zero-order chi connectivity index (χ0) is 23.2. The minimum atomic E-state index is -0.249. The maximum Gasteiger partial charge on any atom is 0.150 e. The van der Waals surface area contributed by atoms with E-state index in [-0.39, 0.29) is 6.10 Å². The number of carbonyl (C=O) groups is 1. The lowest BCUT2D eigenvalue weighted by Gasteiger charge is -2.32. The Morgan fingerprint density at radius 2 is 1.79 bits per heavy atom. The number of fused-ring (bicyclic) bond motifs is 1. The van der Waals surface area contributed by atoms with Crippen molar-refractivity contribution in [1.29, 1.82) is 0 Å². The third-order valence-electron chi connectivity index (χ3n) is 7.23. The number of aliphatic hydroxyl groups excluding tert-OH is 1. The molecule has 1 aromatic carbocycles. The first-order chi connectivity index (χ1) is 16.0. The van der Waals surface area contributed by atoms with Crippen LogP contribution in [-0.2, 0) is 6.54 Å². The molecule has 6 heteroatoms. The molecule has 1 fully saturated rings. The van der Waals surface area contributed by atoms with Gasteiger partial charge in [0.1, 0.15) is 12.1 Å². The van der Waals surface area contributed by atoms with Crippen LogP contribution in [0.25, 0.3) is 0 Å². The van der Waals surface area contributed by atoms with Crippen LogP contribution in [0, 0.1) is 5.92 Å². The highest BCUT2D eigenvalue weighted by molar-refractivity contribution is 5.74. The van der Waals surface area contributed by atoms with Crippen LogP contribution in [0.1, 0.15) is 67.1 Å². The van der Waals surface area contributed by atoms with Gasteiger partial charge in [-0.25, -0.2) is 4.99 Å². The van der Waals surface area contributed by atoms with Crippen LogP contribution in [-0.4, -0.2) is 70.8 Å². The standard InChI is InChI=1S/C27H38N4O2/c1-21(22(2)33)18-29-13-3-4-15-30(16-5-14-29)26-10-12-28-27-25(26)11-17-31(27)19-23-6-8-24(20-32)9-7-23/h6-9,11-12,17,20-22,26,33H,3-5,10,13-16,18-19H2,1-2H3. The van der Waals surface area contributed by atoms with E-state index >= 15 is 0 Å². The van der Waals surface area contributed by atoms with Crippen molar-refractivity contribution < 1.29 is 9.90 Å². The van der Waals surface area contributed by atoms with Gasteiger partial charge in [-0.1, -0.05) is 31.2 Å². The summed E-state index contributed by atoms with van der Waals surface area (Å²) in [7, 11) is 0. The van der Waals surface area contributed by atoms with Gasteiger partial charge in [-0.15, -0.1) is 0 Å². The third-order valence-corrected chi connectivity index (χ3v) is 7.23. The highest BCUT2D eigenvalue weighted by atomic mass is 16.3. The monoisotopic (exact) mass is 450 g/mol. The predicted octanol–water partition coefficient (Wildman–Crippen LogP) is 4.30. The summed E-state index contributed by atoms with van der Waals surface area (Å²) < 4.78 is 2.23. The second kappa shape index (κ2) is 11.2. The number of carbonyl (C=O) groups excluding carboxylic acids is 1. The molecular weight excluding hydrogens is 412 g/mol. The van der Waals surface area contributed by atoms with Crippen molar-refractivity contribution in [1.82, 2.24) is 14.4 Å². The van der Waals surface area contributed by atoms with Gasteiger partial charge in [0.25, 0.3) is 0 Å². The molecule has 0 saturated carbocycles. The molecule has 3 heterocycles. The molecule has 0 radical (unpaired) electrons. The predicted molar refractivity (Wildman–Crippen MR) is 134 cm³/mol. The molecule has 1 aromatic heterocycles. The molecule has 0 amide bonds. The Labute approximate surface area is 197 Å². The van der Waals surface area contributed by atoms with Gasteiger partial charge in [0.05, 0.1) is 6.10 Å². The van der Waals surface area contributed by atoms with Gasteiger partial charge in [0, 0.05) is 49.1 Å². The zero-order valence-electron chi connectivity index (χ0n) is 20.1. The number of aliphatic hydroxyl groups is 1. The Kier molecular flexibility index (Phi) is 8.12. The summed E-state index contributed by atoms with van der Waals surface area (Å²) >= 11 is 0. The number of rotatable bonds is 7. The average Bonchev–Trinajstić information content (AvgIpc) is 3.27. The Balaban J connectivity index is 1.42. The quantitative estimate of drug-likeness (QED) is 0.639. The number of aldehydes is 1. The number of hydrogen-bond acceptors (Lipinski definition) is 5. The molecule has 33 heavy (non-hydrogen) atoms. The van der Waals surface area contributed by atoms with Gasteiger partial charge >= 0.3 is 0 Å². The van der Waals surface area contributed by atoms with Crippen LogP contribution in [0.15, 0.2) is 41.5 Å². The number of hydrogen-bond donors (Lipinski definition) is 1. The van der Waals surface area contributed by atoms with E-state index in [1.807, 2.05) is 31.2 Å². The molecule has 2 aliphatic rings. The fourth-order valence-corrected chi connectivity index (χ4v) is 5.05. The van der Waals surface area contributed by atoms with Crippen molar-refractivity contribution in [3.05, 3.63) is 53.2 Å². The highest BCUT2D eigenvalue weighted by Crippen LogP contribution is 2.37. The summed E-state index contributed by atoms with van der Waals surface area (Å²) in [6.45, 7) is 10.2. The van der Waals surface area contributed by atoms with E-state index in [4.69, 9.17) is 4.99 Å². The molecule has 2 aromatic rings. The van der Waals surface area contributed by atoms with Crippen LogP contribution in [0.3, 0.4) is 0 Å².